The van der Waals surface area contributed by atoms with Crippen molar-refractivity contribution in [3.63, 3.8) is 0 Å². The molecular weight excluding hydrogens is 248 g/mol. The summed E-state index contributed by atoms with van der Waals surface area (Å²) in [5, 5.41) is 13.0. The number of hydrogen-bond donors (Lipinski definition) is 1. The lowest BCUT2D eigenvalue weighted by Crippen LogP contribution is -2.44. The third-order valence-corrected chi connectivity index (χ3v) is 5.07. The van der Waals surface area contributed by atoms with Crippen LogP contribution in [-0.4, -0.2) is 61.7 Å². The lowest BCUT2D eigenvalue weighted by Gasteiger charge is -2.29. The Hall–Kier alpha value is -0.630. The van der Waals surface area contributed by atoms with E-state index < -0.39 is 0 Å². The normalized spacial score (nSPS) is 34.8. The predicted octanol–water partition coefficient (Wildman–Crippen LogP) is 1.68. The van der Waals surface area contributed by atoms with Crippen LogP contribution in [0.1, 0.15) is 39.0 Å². The summed E-state index contributed by atoms with van der Waals surface area (Å²) in [7, 11) is 4.46. The van der Waals surface area contributed by atoms with Crippen LogP contribution in [0.4, 0.5) is 0 Å². The molecule has 2 fully saturated rings. The third kappa shape index (κ3) is 3.72. The van der Waals surface area contributed by atoms with Gasteiger partial charge < -0.3 is 9.80 Å². The molecule has 114 valence electrons. The van der Waals surface area contributed by atoms with Gasteiger partial charge in [-0.25, -0.2) is 0 Å². The van der Waals surface area contributed by atoms with Crippen molar-refractivity contribution in [3.8, 4) is 6.07 Å². The van der Waals surface area contributed by atoms with Gasteiger partial charge in [0.25, 0.3) is 0 Å². The predicted molar refractivity (Wildman–Crippen MR) is 82.5 cm³/mol. The fraction of sp³-hybridized carbons (Fsp3) is 0.938. The molecule has 3 unspecified atom stereocenters. The van der Waals surface area contributed by atoms with Gasteiger partial charge in [-0.1, -0.05) is 6.92 Å². The highest BCUT2D eigenvalue weighted by molar-refractivity contribution is 5.13. The molecule has 1 heterocycles. The van der Waals surface area contributed by atoms with Crippen molar-refractivity contribution < 1.29 is 0 Å². The van der Waals surface area contributed by atoms with Gasteiger partial charge in [-0.05, 0) is 65.2 Å². The van der Waals surface area contributed by atoms with Crippen molar-refractivity contribution >= 4 is 0 Å². The first-order chi connectivity index (χ1) is 9.58. The minimum Gasteiger partial charge on any atom is -0.306 e. The Morgan fingerprint density at radius 2 is 2.25 bits per heavy atom. The van der Waals surface area contributed by atoms with E-state index in [4.69, 9.17) is 0 Å². The lowest BCUT2D eigenvalue weighted by atomic mass is 9.99. The molecule has 0 radical (unpaired) electrons. The highest BCUT2D eigenvalue weighted by atomic mass is 15.2. The van der Waals surface area contributed by atoms with Gasteiger partial charge in [0.2, 0.25) is 0 Å². The molecule has 3 atom stereocenters. The molecule has 2 rings (SSSR count). The van der Waals surface area contributed by atoms with Crippen LogP contribution in [-0.2, 0) is 0 Å². The molecule has 1 N–H and O–H groups in total. The molecule has 2 aliphatic rings. The topological polar surface area (TPSA) is 42.3 Å². The second-order valence-electron chi connectivity index (χ2n) is 6.87. The summed E-state index contributed by atoms with van der Waals surface area (Å²) in [5.74, 6) is 0.811. The number of nitrogens with one attached hydrogen (secondary N) is 1. The summed E-state index contributed by atoms with van der Waals surface area (Å²) in [6.45, 7) is 6.77. The van der Waals surface area contributed by atoms with Crippen molar-refractivity contribution in [2.45, 2.75) is 50.6 Å². The van der Waals surface area contributed by atoms with Gasteiger partial charge in [0.1, 0.15) is 5.54 Å². The molecule has 0 bridgehead atoms. The average Bonchev–Trinajstić information content (AvgIpc) is 3.04. The summed E-state index contributed by atoms with van der Waals surface area (Å²) < 4.78 is 0. The summed E-state index contributed by atoms with van der Waals surface area (Å²) in [6, 6.07) is 3.13. The first-order valence-corrected chi connectivity index (χ1v) is 8.13. The molecule has 1 saturated heterocycles. The van der Waals surface area contributed by atoms with Crippen LogP contribution in [0.3, 0.4) is 0 Å². The fourth-order valence-electron chi connectivity index (χ4n) is 3.79. The Morgan fingerprint density at radius 1 is 1.45 bits per heavy atom. The summed E-state index contributed by atoms with van der Waals surface area (Å²) >= 11 is 0. The lowest BCUT2D eigenvalue weighted by molar-refractivity contribution is 0.202. The Labute approximate surface area is 124 Å². The number of likely N-dealkylation sites (tertiary alicyclic amines) is 1. The van der Waals surface area contributed by atoms with Crippen LogP contribution in [0.5, 0.6) is 0 Å². The number of nitriles is 1. The SMILES string of the molecule is CCCNC1(C#N)CCC(N(C)CC2CCN(C)C2)C1. The molecule has 4 nitrogen and oxygen atoms in total. The van der Waals surface area contributed by atoms with Gasteiger partial charge >= 0.3 is 0 Å². The van der Waals surface area contributed by atoms with Crippen molar-refractivity contribution in [1.29, 1.82) is 5.26 Å². The number of hydrogen-bond acceptors (Lipinski definition) is 4. The smallest absolute Gasteiger partial charge is 0.108 e. The summed E-state index contributed by atoms with van der Waals surface area (Å²) in [4.78, 5) is 4.94. The minimum atomic E-state index is -0.262. The maximum absolute atomic E-state index is 9.52. The number of nitrogens with zero attached hydrogens (tertiary/aromatic N) is 3. The quantitative estimate of drug-likeness (QED) is 0.803. The van der Waals surface area contributed by atoms with E-state index in [-0.39, 0.29) is 5.54 Å². The van der Waals surface area contributed by atoms with Crippen LogP contribution in [0.25, 0.3) is 0 Å². The zero-order valence-corrected chi connectivity index (χ0v) is 13.4. The van der Waals surface area contributed by atoms with Gasteiger partial charge in [0.05, 0.1) is 6.07 Å². The Balaban J connectivity index is 1.83. The number of rotatable bonds is 6. The van der Waals surface area contributed by atoms with Crippen molar-refractivity contribution in [1.82, 2.24) is 15.1 Å². The van der Waals surface area contributed by atoms with E-state index in [1.54, 1.807) is 0 Å². The molecule has 0 amide bonds. The Bertz CT molecular complexity index is 351. The molecule has 1 aliphatic carbocycles. The van der Waals surface area contributed by atoms with E-state index in [0.29, 0.717) is 6.04 Å². The van der Waals surface area contributed by atoms with E-state index in [0.717, 1.165) is 38.1 Å². The van der Waals surface area contributed by atoms with Crippen molar-refractivity contribution in [2.75, 3.05) is 40.3 Å². The molecule has 1 saturated carbocycles. The van der Waals surface area contributed by atoms with Crippen molar-refractivity contribution in [3.05, 3.63) is 0 Å². The highest BCUT2D eigenvalue weighted by Crippen LogP contribution is 2.33. The molecular formula is C16H30N4. The van der Waals surface area contributed by atoms with Crippen LogP contribution >= 0.6 is 0 Å². The average molecular weight is 278 g/mol. The van der Waals surface area contributed by atoms with Crippen LogP contribution in [0.2, 0.25) is 0 Å². The highest BCUT2D eigenvalue weighted by Gasteiger charge is 2.40. The van der Waals surface area contributed by atoms with Crippen LogP contribution in [0, 0.1) is 17.2 Å². The molecule has 0 aromatic heterocycles. The van der Waals surface area contributed by atoms with Gasteiger partial charge in [-0.3, -0.25) is 5.32 Å². The van der Waals surface area contributed by atoms with Gasteiger partial charge in [-0.15, -0.1) is 0 Å². The van der Waals surface area contributed by atoms with E-state index in [1.807, 2.05) is 0 Å². The molecule has 0 aromatic carbocycles. The van der Waals surface area contributed by atoms with Crippen LogP contribution < -0.4 is 5.32 Å². The maximum Gasteiger partial charge on any atom is 0.108 e. The minimum absolute atomic E-state index is 0.262. The maximum atomic E-state index is 9.52. The fourth-order valence-corrected chi connectivity index (χ4v) is 3.79. The van der Waals surface area contributed by atoms with Gasteiger partial charge in [0.15, 0.2) is 0 Å². The van der Waals surface area contributed by atoms with Gasteiger partial charge in [0, 0.05) is 19.1 Å². The summed E-state index contributed by atoms with van der Waals surface area (Å²) in [5.41, 5.74) is -0.262. The molecule has 4 heteroatoms. The Kier molecular flexibility index (Phi) is 5.42. The van der Waals surface area contributed by atoms with Gasteiger partial charge in [-0.2, -0.15) is 5.26 Å². The zero-order chi connectivity index (χ0) is 14.6. The molecule has 20 heavy (non-hydrogen) atoms. The standard InChI is InChI=1S/C16H30N4/c1-4-8-18-16(13-17)7-5-15(10-16)20(3)12-14-6-9-19(2)11-14/h14-15,18H,4-12H2,1-3H3. The first kappa shape index (κ1) is 15.8. The zero-order valence-electron chi connectivity index (χ0n) is 13.4. The van der Waals surface area contributed by atoms with E-state index in [9.17, 15) is 5.26 Å². The van der Waals surface area contributed by atoms with Crippen LogP contribution in [0.15, 0.2) is 0 Å². The van der Waals surface area contributed by atoms with Crippen molar-refractivity contribution in [2.24, 2.45) is 5.92 Å². The largest absolute Gasteiger partial charge is 0.306 e. The molecule has 0 aromatic rings. The monoisotopic (exact) mass is 278 g/mol. The second kappa shape index (κ2) is 6.89. The third-order valence-electron chi connectivity index (χ3n) is 5.07. The van der Waals surface area contributed by atoms with E-state index in [1.165, 1.54) is 26.1 Å². The second-order valence-corrected chi connectivity index (χ2v) is 6.87. The van der Waals surface area contributed by atoms with E-state index >= 15 is 0 Å². The van der Waals surface area contributed by atoms with E-state index in [2.05, 4.69) is 42.2 Å². The first-order valence-electron chi connectivity index (χ1n) is 8.13. The Morgan fingerprint density at radius 3 is 2.85 bits per heavy atom. The molecule has 0 spiro atoms. The molecule has 1 aliphatic heterocycles. The summed E-state index contributed by atoms with van der Waals surface area (Å²) in [6.07, 6.45) is 5.57.